The Morgan fingerprint density at radius 3 is 2.92 bits per heavy atom. The summed E-state index contributed by atoms with van der Waals surface area (Å²) in [6.45, 7) is 1.62. The number of nitrogen functional groups attached to an aromatic ring is 1. The van der Waals surface area contributed by atoms with Gasteiger partial charge >= 0.3 is 0 Å². The van der Waals surface area contributed by atoms with Crippen LogP contribution in [0.2, 0.25) is 0 Å². The number of hydrogen-bond acceptors (Lipinski definition) is 6. The van der Waals surface area contributed by atoms with Crippen LogP contribution in [-0.4, -0.2) is 34.8 Å². The van der Waals surface area contributed by atoms with Gasteiger partial charge in [0.05, 0.1) is 17.2 Å². The molecule has 1 unspecified atom stereocenters. The minimum absolute atomic E-state index is 0.191. The van der Waals surface area contributed by atoms with Gasteiger partial charge in [0.2, 0.25) is 5.95 Å². The predicted octanol–water partition coefficient (Wildman–Crippen LogP) is 1.38. The third kappa shape index (κ3) is 2.87. The summed E-state index contributed by atoms with van der Waals surface area (Å²) in [6.07, 6.45) is 6.43. The first-order valence-corrected chi connectivity index (χ1v) is 7.84. The average molecular weight is 345 g/mol. The standard InChI is InChI=1S/C18H15N7O/c1-18(26,13-9-22-23-10-13)6-4-12-2-3-14-15(8-12)25(11-21-14)16-5-7-20-17(19)24-16/h2-3,5,7-11,26H,1H3,(H,22,23)(H2,19,20,24). The van der Waals surface area contributed by atoms with Crippen molar-refractivity contribution in [1.29, 1.82) is 0 Å². The molecule has 1 aromatic carbocycles. The second kappa shape index (κ2) is 5.98. The molecule has 0 aliphatic rings. The minimum atomic E-state index is -1.30. The summed E-state index contributed by atoms with van der Waals surface area (Å²) in [7, 11) is 0. The number of fused-ring (bicyclic) bond motifs is 1. The van der Waals surface area contributed by atoms with Crippen LogP contribution in [0.4, 0.5) is 5.95 Å². The quantitative estimate of drug-likeness (QED) is 0.472. The first kappa shape index (κ1) is 15.8. The van der Waals surface area contributed by atoms with Gasteiger partial charge in [0.25, 0.3) is 0 Å². The first-order chi connectivity index (χ1) is 12.5. The third-order valence-corrected chi connectivity index (χ3v) is 3.96. The molecule has 128 valence electrons. The highest BCUT2D eigenvalue weighted by Crippen LogP contribution is 2.20. The van der Waals surface area contributed by atoms with E-state index in [1.54, 1.807) is 37.9 Å². The van der Waals surface area contributed by atoms with E-state index in [9.17, 15) is 5.11 Å². The molecule has 4 aromatic rings. The van der Waals surface area contributed by atoms with Crippen LogP contribution < -0.4 is 5.73 Å². The van der Waals surface area contributed by atoms with E-state index < -0.39 is 5.60 Å². The number of imidazole rings is 1. The molecule has 8 nitrogen and oxygen atoms in total. The second-order valence-corrected chi connectivity index (χ2v) is 5.90. The molecule has 0 aliphatic heterocycles. The monoisotopic (exact) mass is 345 g/mol. The number of H-pyrrole nitrogens is 1. The summed E-state index contributed by atoms with van der Waals surface area (Å²) in [5, 5.41) is 17.0. The lowest BCUT2D eigenvalue weighted by atomic mass is 10.00. The number of rotatable bonds is 2. The zero-order chi connectivity index (χ0) is 18.1. The maximum atomic E-state index is 10.5. The largest absolute Gasteiger partial charge is 0.374 e. The lowest BCUT2D eigenvalue weighted by Crippen LogP contribution is -2.17. The lowest BCUT2D eigenvalue weighted by molar-refractivity contribution is 0.122. The topological polar surface area (TPSA) is 119 Å². The fourth-order valence-electron chi connectivity index (χ4n) is 2.55. The zero-order valence-electron chi connectivity index (χ0n) is 13.9. The van der Waals surface area contributed by atoms with Crippen molar-refractivity contribution in [1.82, 2.24) is 29.7 Å². The van der Waals surface area contributed by atoms with Gasteiger partial charge in [-0.25, -0.2) is 9.97 Å². The Morgan fingerprint density at radius 1 is 1.27 bits per heavy atom. The number of aromatic amines is 1. The van der Waals surface area contributed by atoms with Crippen molar-refractivity contribution in [2.45, 2.75) is 12.5 Å². The molecular weight excluding hydrogens is 330 g/mol. The molecule has 8 heteroatoms. The van der Waals surface area contributed by atoms with Gasteiger partial charge in [-0.2, -0.15) is 10.1 Å². The van der Waals surface area contributed by atoms with Gasteiger partial charge in [0.1, 0.15) is 12.1 Å². The molecule has 0 radical (unpaired) electrons. The number of aromatic nitrogens is 6. The molecule has 0 bridgehead atoms. The van der Waals surface area contributed by atoms with Gasteiger partial charge < -0.3 is 10.8 Å². The van der Waals surface area contributed by atoms with Crippen molar-refractivity contribution in [3.63, 3.8) is 0 Å². The SMILES string of the molecule is CC(O)(C#Cc1ccc2ncn(-c3ccnc(N)n3)c2c1)c1cn[nH]c1. The Bertz CT molecular complexity index is 1130. The Hall–Kier alpha value is -3.70. The number of aliphatic hydroxyl groups is 1. The van der Waals surface area contributed by atoms with E-state index in [-0.39, 0.29) is 5.95 Å². The van der Waals surface area contributed by atoms with Crippen molar-refractivity contribution in [3.8, 4) is 17.7 Å². The number of nitrogens with zero attached hydrogens (tertiary/aromatic N) is 5. The van der Waals surface area contributed by atoms with Crippen LogP contribution in [0, 0.1) is 11.8 Å². The summed E-state index contributed by atoms with van der Waals surface area (Å²) >= 11 is 0. The van der Waals surface area contributed by atoms with Crippen molar-refractivity contribution >= 4 is 17.0 Å². The Balaban J connectivity index is 1.75. The van der Waals surface area contributed by atoms with Gasteiger partial charge in [-0.15, -0.1) is 0 Å². The second-order valence-electron chi connectivity index (χ2n) is 5.90. The van der Waals surface area contributed by atoms with Crippen LogP contribution in [0.3, 0.4) is 0 Å². The highest BCUT2D eigenvalue weighted by Gasteiger charge is 2.20. The summed E-state index contributed by atoms with van der Waals surface area (Å²) in [6, 6.07) is 7.36. The van der Waals surface area contributed by atoms with Crippen LogP contribution in [-0.2, 0) is 5.60 Å². The Morgan fingerprint density at radius 2 is 2.15 bits per heavy atom. The number of hydrogen-bond donors (Lipinski definition) is 3. The molecule has 4 rings (SSSR count). The van der Waals surface area contributed by atoms with E-state index in [0.717, 1.165) is 16.6 Å². The normalized spacial score (nSPS) is 13.2. The molecule has 3 heterocycles. The van der Waals surface area contributed by atoms with E-state index in [4.69, 9.17) is 5.73 Å². The van der Waals surface area contributed by atoms with Crippen molar-refractivity contribution in [3.05, 3.63) is 60.3 Å². The molecule has 0 saturated carbocycles. The van der Waals surface area contributed by atoms with Gasteiger partial charge in [-0.1, -0.05) is 11.8 Å². The minimum Gasteiger partial charge on any atom is -0.374 e. The molecule has 0 amide bonds. The molecular formula is C18H15N7O. The molecule has 4 N–H and O–H groups in total. The fourth-order valence-corrected chi connectivity index (χ4v) is 2.55. The van der Waals surface area contributed by atoms with Crippen LogP contribution in [0.1, 0.15) is 18.1 Å². The van der Waals surface area contributed by atoms with E-state index in [1.807, 2.05) is 22.8 Å². The number of nitrogens with one attached hydrogen (secondary N) is 1. The predicted molar refractivity (Wildman–Crippen MR) is 96.1 cm³/mol. The number of anilines is 1. The van der Waals surface area contributed by atoms with Gasteiger partial charge in [-0.05, 0) is 31.2 Å². The van der Waals surface area contributed by atoms with Gasteiger partial charge in [-0.3, -0.25) is 9.67 Å². The Labute approximate surface area is 148 Å². The zero-order valence-corrected chi connectivity index (χ0v) is 13.9. The van der Waals surface area contributed by atoms with Crippen LogP contribution in [0.15, 0.2) is 49.2 Å². The highest BCUT2D eigenvalue weighted by atomic mass is 16.3. The van der Waals surface area contributed by atoms with Crippen LogP contribution in [0.25, 0.3) is 16.9 Å². The molecule has 0 aliphatic carbocycles. The van der Waals surface area contributed by atoms with E-state index in [2.05, 4.69) is 37.0 Å². The number of benzene rings is 1. The van der Waals surface area contributed by atoms with E-state index >= 15 is 0 Å². The fraction of sp³-hybridized carbons (Fsp3) is 0.111. The maximum absolute atomic E-state index is 10.5. The maximum Gasteiger partial charge on any atom is 0.221 e. The molecule has 0 fully saturated rings. The van der Waals surface area contributed by atoms with E-state index in [1.165, 1.54) is 0 Å². The summed E-state index contributed by atoms with van der Waals surface area (Å²) in [5.74, 6) is 6.69. The van der Waals surface area contributed by atoms with Crippen molar-refractivity contribution in [2.75, 3.05) is 5.73 Å². The lowest BCUT2D eigenvalue weighted by Gasteiger charge is -2.13. The average Bonchev–Trinajstić information content (AvgIpc) is 3.30. The van der Waals surface area contributed by atoms with Crippen molar-refractivity contribution in [2.24, 2.45) is 0 Å². The summed E-state index contributed by atoms with van der Waals surface area (Å²) in [4.78, 5) is 12.5. The molecule has 0 spiro atoms. The van der Waals surface area contributed by atoms with Crippen molar-refractivity contribution < 1.29 is 5.11 Å². The molecule has 26 heavy (non-hydrogen) atoms. The Kier molecular flexibility index (Phi) is 3.64. The molecule has 3 aromatic heterocycles. The number of nitrogens with two attached hydrogens (primary N) is 1. The molecule has 0 saturated heterocycles. The van der Waals surface area contributed by atoms with Crippen LogP contribution in [0.5, 0.6) is 0 Å². The first-order valence-electron chi connectivity index (χ1n) is 7.84. The van der Waals surface area contributed by atoms with Gasteiger partial charge in [0.15, 0.2) is 5.60 Å². The smallest absolute Gasteiger partial charge is 0.221 e. The molecule has 1 atom stereocenters. The van der Waals surface area contributed by atoms with Crippen LogP contribution >= 0.6 is 0 Å². The van der Waals surface area contributed by atoms with Gasteiger partial charge in [0, 0.05) is 23.5 Å². The summed E-state index contributed by atoms with van der Waals surface area (Å²) in [5.41, 5.74) is 7.34. The highest BCUT2D eigenvalue weighted by molar-refractivity contribution is 5.78. The van der Waals surface area contributed by atoms with E-state index in [0.29, 0.717) is 11.4 Å². The summed E-state index contributed by atoms with van der Waals surface area (Å²) < 4.78 is 1.81. The third-order valence-electron chi connectivity index (χ3n) is 3.96.